The van der Waals surface area contributed by atoms with Crippen LogP contribution in [0.1, 0.15) is 27.4 Å². The second-order valence-corrected chi connectivity index (χ2v) is 6.92. The first-order valence-electron chi connectivity index (χ1n) is 7.50. The SMILES string of the molecule is Cc1ccc(NC(=O)c2cc(-c3c(C)nn(C)c3C)n[nH]2)cc1I. The highest BCUT2D eigenvalue weighted by atomic mass is 127. The number of anilines is 1. The normalized spacial score (nSPS) is 10.9. The third-order valence-electron chi connectivity index (χ3n) is 4.02. The van der Waals surface area contributed by atoms with E-state index < -0.39 is 0 Å². The van der Waals surface area contributed by atoms with E-state index in [1.165, 1.54) is 5.56 Å². The van der Waals surface area contributed by atoms with Gasteiger partial charge in [-0.25, -0.2) is 0 Å². The standard InChI is InChI=1S/C17H18IN5O/c1-9-5-6-12(7-13(9)18)19-17(24)15-8-14(20-21-15)16-10(2)22-23(4)11(16)3/h5-8H,1-4H3,(H,19,24)(H,20,21). The molecule has 24 heavy (non-hydrogen) atoms. The number of hydrogen-bond donors (Lipinski definition) is 2. The number of carbonyl (C=O) groups excluding carboxylic acids is 1. The maximum atomic E-state index is 12.4. The summed E-state index contributed by atoms with van der Waals surface area (Å²) in [6, 6.07) is 7.58. The Bertz CT molecular complexity index is 925. The molecule has 2 heterocycles. The third kappa shape index (κ3) is 3.08. The van der Waals surface area contributed by atoms with Crippen LogP contribution in [0.4, 0.5) is 5.69 Å². The van der Waals surface area contributed by atoms with Crippen molar-refractivity contribution in [2.75, 3.05) is 5.32 Å². The van der Waals surface area contributed by atoms with E-state index in [1.807, 2.05) is 50.7 Å². The maximum Gasteiger partial charge on any atom is 0.273 e. The highest BCUT2D eigenvalue weighted by Gasteiger charge is 2.17. The first kappa shape index (κ1) is 16.7. The lowest BCUT2D eigenvalue weighted by Crippen LogP contribution is -2.12. The Morgan fingerprint density at radius 3 is 2.62 bits per heavy atom. The topological polar surface area (TPSA) is 75.6 Å². The van der Waals surface area contributed by atoms with Gasteiger partial charge in [0.15, 0.2) is 0 Å². The van der Waals surface area contributed by atoms with Crippen molar-refractivity contribution in [2.24, 2.45) is 7.05 Å². The molecule has 0 spiro atoms. The van der Waals surface area contributed by atoms with Gasteiger partial charge in [0.25, 0.3) is 5.91 Å². The molecule has 0 saturated carbocycles. The van der Waals surface area contributed by atoms with Crippen molar-refractivity contribution in [3.05, 3.63) is 50.5 Å². The summed E-state index contributed by atoms with van der Waals surface area (Å²) >= 11 is 2.25. The van der Waals surface area contributed by atoms with E-state index in [0.717, 1.165) is 31.9 Å². The summed E-state index contributed by atoms with van der Waals surface area (Å²) in [4.78, 5) is 12.4. The molecule has 0 bridgehead atoms. The fourth-order valence-corrected chi connectivity index (χ4v) is 3.09. The van der Waals surface area contributed by atoms with Crippen LogP contribution in [0.15, 0.2) is 24.3 Å². The van der Waals surface area contributed by atoms with Gasteiger partial charge in [-0.1, -0.05) is 6.07 Å². The van der Waals surface area contributed by atoms with Crippen molar-refractivity contribution in [3.63, 3.8) is 0 Å². The number of hydrogen-bond acceptors (Lipinski definition) is 3. The summed E-state index contributed by atoms with van der Waals surface area (Å²) in [5.74, 6) is -0.215. The zero-order valence-corrected chi connectivity index (χ0v) is 16.1. The molecule has 0 unspecified atom stereocenters. The van der Waals surface area contributed by atoms with Gasteiger partial charge in [0.1, 0.15) is 5.69 Å². The number of aromatic nitrogens is 4. The van der Waals surface area contributed by atoms with Crippen LogP contribution < -0.4 is 5.32 Å². The molecule has 0 aliphatic carbocycles. The number of nitrogens with one attached hydrogen (secondary N) is 2. The average molecular weight is 435 g/mol. The number of aryl methyl sites for hydroxylation is 3. The van der Waals surface area contributed by atoms with Gasteiger partial charge in [-0.05, 0) is 67.1 Å². The first-order chi connectivity index (χ1) is 11.4. The van der Waals surface area contributed by atoms with Crippen molar-refractivity contribution in [3.8, 4) is 11.3 Å². The number of H-pyrrole nitrogens is 1. The Kier molecular flexibility index (Phi) is 4.44. The van der Waals surface area contributed by atoms with E-state index in [2.05, 4.69) is 43.2 Å². The van der Waals surface area contributed by atoms with E-state index in [9.17, 15) is 4.79 Å². The lowest BCUT2D eigenvalue weighted by Gasteiger charge is -2.05. The Hall–Kier alpha value is -2.16. The van der Waals surface area contributed by atoms with Crippen molar-refractivity contribution < 1.29 is 4.79 Å². The molecule has 6 nitrogen and oxygen atoms in total. The van der Waals surface area contributed by atoms with Crippen LogP contribution in [0.2, 0.25) is 0 Å². The van der Waals surface area contributed by atoms with E-state index in [1.54, 1.807) is 6.07 Å². The van der Waals surface area contributed by atoms with Crippen LogP contribution >= 0.6 is 22.6 Å². The second kappa shape index (κ2) is 6.39. The largest absolute Gasteiger partial charge is 0.321 e. The van der Waals surface area contributed by atoms with Crippen LogP contribution in [0.3, 0.4) is 0 Å². The van der Waals surface area contributed by atoms with E-state index in [4.69, 9.17) is 0 Å². The minimum atomic E-state index is -0.215. The second-order valence-electron chi connectivity index (χ2n) is 5.75. The molecule has 124 valence electrons. The molecule has 2 N–H and O–H groups in total. The summed E-state index contributed by atoms with van der Waals surface area (Å²) in [6.07, 6.45) is 0. The van der Waals surface area contributed by atoms with Gasteiger partial charge >= 0.3 is 0 Å². The van der Waals surface area contributed by atoms with Crippen LogP contribution in [0, 0.1) is 24.3 Å². The minimum Gasteiger partial charge on any atom is -0.321 e. The molecule has 1 amide bonds. The Balaban J connectivity index is 1.84. The monoisotopic (exact) mass is 435 g/mol. The van der Waals surface area contributed by atoms with E-state index >= 15 is 0 Å². The van der Waals surface area contributed by atoms with Crippen LogP contribution in [-0.2, 0) is 7.05 Å². The molecule has 3 rings (SSSR count). The van der Waals surface area contributed by atoms with Gasteiger partial charge in [-0.3, -0.25) is 14.6 Å². The zero-order chi connectivity index (χ0) is 17.4. The van der Waals surface area contributed by atoms with Crippen LogP contribution in [0.5, 0.6) is 0 Å². The number of nitrogens with zero attached hydrogens (tertiary/aromatic N) is 3. The fourth-order valence-electron chi connectivity index (χ4n) is 2.58. The number of halogens is 1. The Morgan fingerprint density at radius 1 is 1.25 bits per heavy atom. The highest BCUT2D eigenvalue weighted by Crippen LogP contribution is 2.25. The number of aromatic amines is 1. The molecule has 0 atom stereocenters. The summed E-state index contributed by atoms with van der Waals surface area (Å²) in [6.45, 7) is 5.95. The fraction of sp³-hybridized carbons (Fsp3) is 0.235. The lowest BCUT2D eigenvalue weighted by molar-refractivity contribution is 0.102. The number of amides is 1. The molecule has 0 aliphatic heterocycles. The van der Waals surface area contributed by atoms with Gasteiger partial charge in [0, 0.05) is 27.6 Å². The Labute approximate surface area is 153 Å². The molecular weight excluding hydrogens is 417 g/mol. The molecule has 0 radical (unpaired) electrons. The molecular formula is C17H18IN5O. The number of benzene rings is 1. The third-order valence-corrected chi connectivity index (χ3v) is 5.18. The first-order valence-corrected chi connectivity index (χ1v) is 8.58. The van der Waals surface area contributed by atoms with Crippen LogP contribution in [-0.4, -0.2) is 25.9 Å². The van der Waals surface area contributed by atoms with Crippen molar-refractivity contribution in [2.45, 2.75) is 20.8 Å². The molecule has 0 fully saturated rings. The van der Waals surface area contributed by atoms with Gasteiger partial charge in [0.05, 0.1) is 11.4 Å². The lowest BCUT2D eigenvalue weighted by atomic mass is 10.1. The predicted octanol–water partition coefficient (Wildman–Crippen LogP) is 3.59. The molecule has 7 heteroatoms. The zero-order valence-electron chi connectivity index (χ0n) is 13.9. The minimum absolute atomic E-state index is 0.215. The summed E-state index contributed by atoms with van der Waals surface area (Å²) in [5.41, 5.74) is 5.95. The van der Waals surface area contributed by atoms with Crippen molar-refractivity contribution in [1.29, 1.82) is 0 Å². The van der Waals surface area contributed by atoms with Gasteiger partial charge in [0.2, 0.25) is 0 Å². The van der Waals surface area contributed by atoms with E-state index in [-0.39, 0.29) is 5.91 Å². The average Bonchev–Trinajstić information content (AvgIpc) is 3.09. The van der Waals surface area contributed by atoms with Crippen molar-refractivity contribution >= 4 is 34.2 Å². The molecule has 0 saturated heterocycles. The molecule has 0 aliphatic rings. The Morgan fingerprint density at radius 2 is 2.00 bits per heavy atom. The quantitative estimate of drug-likeness (QED) is 0.618. The van der Waals surface area contributed by atoms with Gasteiger partial charge in [-0.15, -0.1) is 0 Å². The number of carbonyl (C=O) groups is 1. The molecule has 2 aromatic heterocycles. The summed E-state index contributed by atoms with van der Waals surface area (Å²) in [5, 5.41) is 14.4. The molecule has 3 aromatic rings. The maximum absolute atomic E-state index is 12.4. The molecule has 1 aromatic carbocycles. The smallest absolute Gasteiger partial charge is 0.273 e. The summed E-state index contributed by atoms with van der Waals surface area (Å²) in [7, 11) is 1.89. The van der Waals surface area contributed by atoms with Crippen LogP contribution in [0.25, 0.3) is 11.3 Å². The van der Waals surface area contributed by atoms with Gasteiger partial charge < -0.3 is 5.32 Å². The summed E-state index contributed by atoms with van der Waals surface area (Å²) < 4.78 is 2.92. The highest BCUT2D eigenvalue weighted by molar-refractivity contribution is 14.1. The van der Waals surface area contributed by atoms with Crippen molar-refractivity contribution in [1.82, 2.24) is 20.0 Å². The predicted molar refractivity (Wildman–Crippen MR) is 102 cm³/mol. The van der Waals surface area contributed by atoms with E-state index in [0.29, 0.717) is 5.69 Å². The van der Waals surface area contributed by atoms with Gasteiger partial charge in [-0.2, -0.15) is 10.2 Å². The number of rotatable bonds is 3.